The smallest absolute Gasteiger partial charge is 0.333 e. The highest BCUT2D eigenvalue weighted by molar-refractivity contribution is 5.92. The molecular weight excluding hydrogens is 521 g/mol. The van der Waals surface area contributed by atoms with Gasteiger partial charge in [0.15, 0.2) is 0 Å². The number of nitrogens with zero attached hydrogens (tertiary/aromatic N) is 4. The number of hydrogen-bond donors (Lipinski definition) is 1. The summed E-state index contributed by atoms with van der Waals surface area (Å²) in [5, 5.41) is 6.00. The lowest BCUT2D eigenvalue weighted by atomic mass is 9.96. The molecule has 2 heterocycles. The highest BCUT2D eigenvalue weighted by Crippen LogP contribution is 2.33. The minimum Gasteiger partial charge on any atom is -0.333 e. The van der Waals surface area contributed by atoms with E-state index >= 15 is 0 Å². The Hall–Kier alpha value is -4.68. The minimum absolute atomic E-state index is 0.0413. The number of carbonyl (C=O) groups excluding carboxylic acids is 3. The van der Waals surface area contributed by atoms with E-state index in [0.29, 0.717) is 0 Å². The van der Waals surface area contributed by atoms with Gasteiger partial charge in [0.25, 0.3) is 0 Å². The molecule has 0 aromatic heterocycles. The summed E-state index contributed by atoms with van der Waals surface area (Å²) in [5.74, 6) is 1.67. The molecule has 2 aliphatic rings. The van der Waals surface area contributed by atoms with Crippen molar-refractivity contribution in [3.8, 4) is 12.3 Å². The van der Waals surface area contributed by atoms with Gasteiger partial charge < -0.3 is 15.1 Å². The van der Waals surface area contributed by atoms with E-state index < -0.39 is 24.3 Å². The van der Waals surface area contributed by atoms with Crippen molar-refractivity contribution in [1.82, 2.24) is 25.1 Å². The molecule has 4 amide bonds. The van der Waals surface area contributed by atoms with Gasteiger partial charge in [-0.3, -0.25) is 9.59 Å². The van der Waals surface area contributed by atoms with E-state index in [1.807, 2.05) is 67.6 Å². The van der Waals surface area contributed by atoms with Crippen LogP contribution in [0.5, 0.6) is 0 Å². The first-order valence-corrected chi connectivity index (χ1v) is 13.6. The van der Waals surface area contributed by atoms with Crippen molar-refractivity contribution in [2.75, 3.05) is 19.6 Å². The van der Waals surface area contributed by atoms with Crippen LogP contribution in [-0.4, -0.2) is 69.5 Å². The summed E-state index contributed by atoms with van der Waals surface area (Å²) in [4.78, 5) is 44.7. The third-order valence-corrected chi connectivity index (χ3v) is 7.64. The number of carbonyl (C=O) groups is 3. The van der Waals surface area contributed by atoms with Crippen molar-refractivity contribution in [3.63, 3.8) is 0 Å². The number of amides is 4. The molecule has 9 heteroatoms. The first-order valence-electron chi connectivity index (χ1n) is 13.6. The number of terminal acetylenes is 1. The number of halogens is 1. The van der Waals surface area contributed by atoms with Gasteiger partial charge in [-0.15, -0.1) is 6.42 Å². The van der Waals surface area contributed by atoms with Gasteiger partial charge in [0, 0.05) is 13.0 Å². The van der Waals surface area contributed by atoms with Crippen LogP contribution in [-0.2, 0) is 22.6 Å². The number of piperazine rings is 1. The number of urea groups is 1. The molecule has 2 saturated heterocycles. The van der Waals surface area contributed by atoms with Gasteiger partial charge in [-0.1, -0.05) is 78.7 Å². The van der Waals surface area contributed by atoms with Crippen LogP contribution < -0.4 is 5.32 Å². The van der Waals surface area contributed by atoms with E-state index in [9.17, 15) is 18.8 Å². The van der Waals surface area contributed by atoms with Gasteiger partial charge in [-0.25, -0.2) is 14.2 Å². The van der Waals surface area contributed by atoms with Crippen molar-refractivity contribution in [3.05, 3.63) is 107 Å². The second-order valence-corrected chi connectivity index (χ2v) is 10.2. The second-order valence-electron chi connectivity index (χ2n) is 10.2. The van der Waals surface area contributed by atoms with Crippen LogP contribution >= 0.6 is 0 Å². The third-order valence-electron chi connectivity index (χ3n) is 7.64. The lowest BCUT2D eigenvalue weighted by molar-refractivity contribution is -0.190. The highest BCUT2D eigenvalue weighted by Gasteiger charge is 2.52. The predicted octanol–water partition coefficient (Wildman–Crippen LogP) is 3.57. The summed E-state index contributed by atoms with van der Waals surface area (Å²) in [6.45, 7) is 2.12. The summed E-state index contributed by atoms with van der Waals surface area (Å²) in [5.41, 5.74) is 2.55. The first kappa shape index (κ1) is 27.9. The molecule has 0 aliphatic carbocycles. The van der Waals surface area contributed by atoms with E-state index in [1.54, 1.807) is 26.9 Å². The molecule has 8 nitrogen and oxygen atoms in total. The Kier molecular flexibility index (Phi) is 8.31. The van der Waals surface area contributed by atoms with Crippen LogP contribution in [0, 0.1) is 18.2 Å². The Labute approximate surface area is 239 Å². The zero-order valence-electron chi connectivity index (χ0n) is 22.8. The number of hydrogen-bond acceptors (Lipinski definition) is 4. The Morgan fingerprint density at radius 1 is 1.00 bits per heavy atom. The summed E-state index contributed by atoms with van der Waals surface area (Å²) in [7, 11) is 0. The molecule has 2 fully saturated rings. The van der Waals surface area contributed by atoms with Crippen molar-refractivity contribution in [2.24, 2.45) is 0 Å². The molecule has 5 rings (SSSR count). The van der Waals surface area contributed by atoms with Crippen LogP contribution in [0.1, 0.15) is 29.7 Å². The number of rotatable bonds is 7. The number of benzene rings is 3. The summed E-state index contributed by atoms with van der Waals surface area (Å²) >= 11 is 0. The maximum absolute atomic E-state index is 14.1. The van der Waals surface area contributed by atoms with E-state index in [0.717, 1.165) is 16.7 Å². The van der Waals surface area contributed by atoms with Crippen LogP contribution in [0.25, 0.3) is 0 Å². The Morgan fingerprint density at radius 2 is 1.63 bits per heavy atom. The van der Waals surface area contributed by atoms with Gasteiger partial charge in [0.1, 0.15) is 18.0 Å². The monoisotopic (exact) mass is 553 g/mol. The molecule has 3 aromatic rings. The van der Waals surface area contributed by atoms with E-state index in [2.05, 4.69) is 11.2 Å². The lowest BCUT2D eigenvalue weighted by Gasteiger charge is -2.55. The molecule has 1 N–H and O–H groups in total. The zero-order valence-corrected chi connectivity index (χ0v) is 22.8. The molecule has 0 radical (unpaired) electrons. The molecule has 3 atom stereocenters. The fraction of sp³-hybridized carbons (Fsp3) is 0.281. The number of nitrogens with one attached hydrogen (secondary N) is 1. The van der Waals surface area contributed by atoms with Crippen molar-refractivity contribution in [2.45, 2.75) is 38.1 Å². The fourth-order valence-electron chi connectivity index (χ4n) is 5.56. The van der Waals surface area contributed by atoms with E-state index in [-0.39, 0.29) is 50.2 Å². The predicted molar refractivity (Wildman–Crippen MR) is 152 cm³/mol. The minimum atomic E-state index is -0.844. The average molecular weight is 554 g/mol. The number of hydrazine groups is 1. The summed E-state index contributed by atoms with van der Waals surface area (Å²) < 4.78 is 13.7. The average Bonchev–Trinajstić information content (AvgIpc) is 2.98. The molecule has 0 spiro atoms. The van der Waals surface area contributed by atoms with Crippen LogP contribution in [0.15, 0.2) is 84.9 Å². The topological polar surface area (TPSA) is 76.2 Å². The maximum atomic E-state index is 14.1. The molecule has 0 saturated carbocycles. The van der Waals surface area contributed by atoms with Crippen molar-refractivity contribution < 1.29 is 18.8 Å². The SMILES string of the molecule is C#CCN1CC(=O)N2C(Cc3ccccc3)C(=O)N(C(C)c3ccc(F)cc3)CC2N1C(=O)NCc1ccccc1. The van der Waals surface area contributed by atoms with Gasteiger partial charge in [0.2, 0.25) is 11.8 Å². The molecule has 2 aliphatic heterocycles. The Balaban J connectivity index is 1.51. The quantitative estimate of drug-likeness (QED) is 0.454. The Morgan fingerprint density at radius 3 is 2.27 bits per heavy atom. The van der Waals surface area contributed by atoms with Crippen molar-refractivity contribution in [1.29, 1.82) is 0 Å². The lowest BCUT2D eigenvalue weighted by Crippen LogP contribution is -2.76. The Bertz CT molecular complexity index is 1430. The summed E-state index contributed by atoms with van der Waals surface area (Å²) in [6, 6.07) is 23.3. The maximum Gasteiger partial charge on any atom is 0.334 e. The van der Waals surface area contributed by atoms with Crippen LogP contribution in [0.4, 0.5) is 9.18 Å². The van der Waals surface area contributed by atoms with Crippen LogP contribution in [0.2, 0.25) is 0 Å². The molecule has 3 aromatic carbocycles. The van der Waals surface area contributed by atoms with Crippen LogP contribution in [0.3, 0.4) is 0 Å². The second kappa shape index (κ2) is 12.2. The van der Waals surface area contributed by atoms with E-state index in [4.69, 9.17) is 6.42 Å². The molecule has 0 bridgehead atoms. The molecule has 210 valence electrons. The zero-order chi connectivity index (χ0) is 28.9. The summed E-state index contributed by atoms with van der Waals surface area (Å²) in [6.07, 6.45) is 5.13. The van der Waals surface area contributed by atoms with Gasteiger partial charge in [-0.2, -0.15) is 5.01 Å². The standard InChI is InChI=1S/C32H32FN5O3/c1-3-18-35-22-30(39)37-28(19-24-10-6-4-7-11-24)31(40)36(23(2)26-14-16-27(33)17-15-26)21-29(37)38(35)32(41)34-20-25-12-8-5-9-13-25/h1,4-17,23,28-29H,18-22H2,2H3,(H,34,41). The first-order chi connectivity index (χ1) is 19.9. The molecule has 3 unspecified atom stereocenters. The molecule has 41 heavy (non-hydrogen) atoms. The highest BCUT2D eigenvalue weighted by atomic mass is 19.1. The van der Waals surface area contributed by atoms with Crippen molar-refractivity contribution >= 4 is 17.8 Å². The largest absolute Gasteiger partial charge is 0.334 e. The van der Waals surface area contributed by atoms with Gasteiger partial charge >= 0.3 is 6.03 Å². The fourth-order valence-corrected chi connectivity index (χ4v) is 5.56. The molecular formula is C32H32FN5O3. The van der Waals surface area contributed by atoms with E-state index in [1.165, 1.54) is 17.1 Å². The third kappa shape index (κ3) is 5.93. The number of fused-ring (bicyclic) bond motifs is 1. The van der Waals surface area contributed by atoms with Gasteiger partial charge in [0.05, 0.1) is 25.7 Å². The van der Waals surface area contributed by atoms with Gasteiger partial charge in [-0.05, 0) is 35.7 Å². The normalized spacial score (nSPS) is 19.9.